The lowest BCUT2D eigenvalue weighted by Crippen LogP contribution is -2.13. The third-order valence-corrected chi connectivity index (χ3v) is 4.87. The van der Waals surface area contributed by atoms with Crippen LogP contribution in [-0.4, -0.2) is 32.7 Å². The SMILES string of the molecule is COC(=O)c1sc(NCC2CCCC2)c(C(=O)OC)c1N. The summed E-state index contributed by atoms with van der Waals surface area (Å²) in [7, 11) is 2.57. The van der Waals surface area contributed by atoms with Crippen LogP contribution < -0.4 is 11.1 Å². The second-order valence-corrected chi connectivity index (χ2v) is 6.08. The molecule has 2 rings (SSSR count). The van der Waals surface area contributed by atoms with Crippen molar-refractivity contribution >= 4 is 34.0 Å². The van der Waals surface area contributed by atoms with Crippen molar-refractivity contribution in [3.05, 3.63) is 10.4 Å². The van der Waals surface area contributed by atoms with Crippen LogP contribution in [0.2, 0.25) is 0 Å². The number of hydrogen-bond donors (Lipinski definition) is 2. The van der Waals surface area contributed by atoms with E-state index >= 15 is 0 Å². The van der Waals surface area contributed by atoms with Crippen molar-refractivity contribution in [1.82, 2.24) is 0 Å². The molecule has 1 saturated carbocycles. The Morgan fingerprint density at radius 3 is 2.43 bits per heavy atom. The number of ether oxygens (including phenoxy) is 2. The number of methoxy groups -OCH3 is 2. The summed E-state index contributed by atoms with van der Waals surface area (Å²) in [5.41, 5.74) is 6.25. The van der Waals surface area contributed by atoms with Crippen LogP contribution in [0.4, 0.5) is 10.7 Å². The highest BCUT2D eigenvalue weighted by atomic mass is 32.1. The molecule has 0 saturated heterocycles. The molecule has 21 heavy (non-hydrogen) atoms. The van der Waals surface area contributed by atoms with Gasteiger partial charge in [-0.25, -0.2) is 9.59 Å². The number of carbonyl (C=O) groups is 2. The third-order valence-electron chi connectivity index (χ3n) is 3.73. The summed E-state index contributed by atoms with van der Waals surface area (Å²) in [5.74, 6) is -0.496. The Labute approximate surface area is 127 Å². The van der Waals surface area contributed by atoms with Gasteiger partial charge in [0.15, 0.2) is 0 Å². The summed E-state index contributed by atoms with van der Waals surface area (Å²) in [6.45, 7) is 0.768. The Kier molecular flexibility index (Phi) is 5.06. The molecule has 116 valence electrons. The van der Waals surface area contributed by atoms with E-state index in [0.717, 1.165) is 17.9 Å². The Balaban J connectivity index is 2.24. The van der Waals surface area contributed by atoms with Gasteiger partial charge in [-0.2, -0.15) is 0 Å². The predicted octanol–water partition coefficient (Wildman–Crippen LogP) is 2.51. The van der Waals surface area contributed by atoms with Gasteiger partial charge in [0.25, 0.3) is 0 Å². The number of rotatable bonds is 5. The lowest BCUT2D eigenvalue weighted by Gasteiger charge is -2.11. The largest absolute Gasteiger partial charge is 0.465 e. The van der Waals surface area contributed by atoms with E-state index in [1.807, 2.05) is 0 Å². The van der Waals surface area contributed by atoms with Crippen LogP contribution in [0.3, 0.4) is 0 Å². The molecule has 6 nitrogen and oxygen atoms in total. The number of esters is 2. The lowest BCUT2D eigenvalue weighted by molar-refractivity contribution is 0.0602. The molecule has 1 aromatic heterocycles. The average molecular weight is 312 g/mol. The molecular weight excluding hydrogens is 292 g/mol. The van der Waals surface area contributed by atoms with Gasteiger partial charge in [-0.1, -0.05) is 12.8 Å². The van der Waals surface area contributed by atoms with E-state index in [4.69, 9.17) is 10.5 Å². The lowest BCUT2D eigenvalue weighted by atomic mass is 10.1. The highest BCUT2D eigenvalue weighted by Gasteiger charge is 2.27. The van der Waals surface area contributed by atoms with Gasteiger partial charge < -0.3 is 20.5 Å². The van der Waals surface area contributed by atoms with Crippen molar-refractivity contribution in [3.8, 4) is 0 Å². The van der Waals surface area contributed by atoms with Gasteiger partial charge in [0.2, 0.25) is 0 Å². The fourth-order valence-electron chi connectivity index (χ4n) is 2.57. The highest BCUT2D eigenvalue weighted by Crippen LogP contribution is 2.37. The van der Waals surface area contributed by atoms with Crippen LogP contribution in [0.15, 0.2) is 0 Å². The summed E-state index contributed by atoms with van der Waals surface area (Å²) in [6.07, 6.45) is 4.86. The van der Waals surface area contributed by atoms with Crippen molar-refractivity contribution in [1.29, 1.82) is 0 Å². The van der Waals surface area contributed by atoms with E-state index in [0.29, 0.717) is 10.9 Å². The average Bonchev–Trinajstić information content (AvgIpc) is 3.11. The first-order valence-electron chi connectivity index (χ1n) is 6.91. The number of carbonyl (C=O) groups excluding carboxylic acids is 2. The maximum absolute atomic E-state index is 11.9. The van der Waals surface area contributed by atoms with Gasteiger partial charge in [0, 0.05) is 6.54 Å². The number of nitrogen functional groups attached to an aromatic ring is 1. The fourth-order valence-corrected chi connectivity index (χ4v) is 3.60. The molecule has 1 aromatic rings. The van der Waals surface area contributed by atoms with Gasteiger partial charge in [-0.3, -0.25) is 0 Å². The molecule has 0 atom stereocenters. The summed E-state index contributed by atoms with van der Waals surface area (Å²) >= 11 is 1.13. The minimum atomic E-state index is -0.548. The molecule has 0 unspecified atom stereocenters. The third kappa shape index (κ3) is 3.29. The predicted molar refractivity (Wildman–Crippen MR) is 81.9 cm³/mol. The summed E-state index contributed by atoms with van der Waals surface area (Å²) in [5, 5.41) is 3.82. The van der Waals surface area contributed by atoms with Crippen molar-refractivity contribution in [2.24, 2.45) is 5.92 Å². The molecule has 7 heteroatoms. The molecule has 0 spiro atoms. The maximum atomic E-state index is 11.9. The molecule has 1 fully saturated rings. The van der Waals surface area contributed by atoms with E-state index in [9.17, 15) is 9.59 Å². The summed E-state index contributed by atoms with van der Waals surface area (Å²) < 4.78 is 9.44. The van der Waals surface area contributed by atoms with Crippen molar-refractivity contribution in [3.63, 3.8) is 0 Å². The number of nitrogens with two attached hydrogens (primary N) is 1. The minimum absolute atomic E-state index is 0.118. The van der Waals surface area contributed by atoms with Gasteiger partial charge in [-0.15, -0.1) is 11.3 Å². The minimum Gasteiger partial charge on any atom is -0.465 e. The summed E-state index contributed by atoms with van der Waals surface area (Å²) in [6, 6.07) is 0. The monoisotopic (exact) mass is 312 g/mol. The molecule has 1 aliphatic carbocycles. The Morgan fingerprint density at radius 1 is 1.24 bits per heavy atom. The first kappa shape index (κ1) is 15.6. The molecule has 0 aromatic carbocycles. The first-order valence-corrected chi connectivity index (χ1v) is 7.72. The van der Waals surface area contributed by atoms with Crippen molar-refractivity contribution < 1.29 is 19.1 Å². The van der Waals surface area contributed by atoms with Crippen LogP contribution in [0.25, 0.3) is 0 Å². The second kappa shape index (κ2) is 6.80. The number of hydrogen-bond acceptors (Lipinski definition) is 7. The maximum Gasteiger partial charge on any atom is 0.350 e. The number of anilines is 2. The Bertz CT molecular complexity index is 535. The highest BCUT2D eigenvalue weighted by molar-refractivity contribution is 7.19. The van der Waals surface area contributed by atoms with E-state index < -0.39 is 11.9 Å². The van der Waals surface area contributed by atoms with Crippen LogP contribution in [0.5, 0.6) is 0 Å². The van der Waals surface area contributed by atoms with Gasteiger partial charge >= 0.3 is 11.9 Å². The van der Waals surface area contributed by atoms with E-state index in [2.05, 4.69) is 10.1 Å². The molecule has 0 bridgehead atoms. The quantitative estimate of drug-likeness (QED) is 0.812. The van der Waals surface area contributed by atoms with Crippen molar-refractivity contribution in [2.45, 2.75) is 25.7 Å². The molecule has 1 heterocycles. The smallest absolute Gasteiger partial charge is 0.350 e. The van der Waals surface area contributed by atoms with Gasteiger partial charge in [0.05, 0.1) is 19.9 Å². The zero-order valence-electron chi connectivity index (χ0n) is 12.2. The van der Waals surface area contributed by atoms with E-state index in [1.165, 1.54) is 39.9 Å². The van der Waals surface area contributed by atoms with Gasteiger partial charge in [-0.05, 0) is 18.8 Å². The van der Waals surface area contributed by atoms with Crippen molar-refractivity contribution in [2.75, 3.05) is 31.8 Å². The summed E-state index contributed by atoms with van der Waals surface area (Å²) in [4.78, 5) is 23.8. The normalized spacial score (nSPS) is 15.0. The second-order valence-electron chi connectivity index (χ2n) is 5.06. The zero-order chi connectivity index (χ0) is 15.4. The van der Waals surface area contributed by atoms with Gasteiger partial charge in [0.1, 0.15) is 15.4 Å². The van der Waals surface area contributed by atoms with Crippen LogP contribution in [0.1, 0.15) is 45.7 Å². The Hall–Kier alpha value is -1.76. The van der Waals surface area contributed by atoms with E-state index in [1.54, 1.807) is 0 Å². The molecule has 1 aliphatic rings. The van der Waals surface area contributed by atoms with Crippen LogP contribution >= 0.6 is 11.3 Å². The molecule has 0 amide bonds. The van der Waals surface area contributed by atoms with E-state index in [-0.39, 0.29) is 16.1 Å². The topological polar surface area (TPSA) is 90.6 Å². The molecule has 3 N–H and O–H groups in total. The number of thiophene rings is 1. The zero-order valence-corrected chi connectivity index (χ0v) is 13.0. The van der Waals surface area contributed by atoms with Crippen LogP contribution in [0, 0.1) is 5.92 Å². The molecule has 0 aliphatic heterocycles. The standard InChI is InChI=1S/C14H20N2O4S/c1-19-13(17)9-10(15)11(14(18)20-2)21-12(9)16-7-8-5-3-4-6-8/h8,16H,3-7,15H2,1-2H3. The Morgan fingerprint density at radius 2 is 1.86 bits per heavy atom. The fraction of sp³-hybridized carbons (Fsp3) is 0.571. The first-order chi connectivity index (χ1) is 10.1. The van der Waals surface area contributed by atoms with Crippen LogP contribution in [-0.2, 0) is 9.47 Å². The number of nitrogens with one attached hydrogen (secondary N) is 1. The molecule has 0 radical (unpaired) electrons. The molecular formula is C14H20N2O4S.